The van der Waals surface area contributed by atoms with E-state index in [-0.39, 0.29) is 29.5 Å². The first-order chi connectivity index (χ1) is 19.9. The van der Waals surface area contributed by atoms with Crippen LogP contribution in [0.15, 0.2) is 120 Å². The minimum absolute atomic E-state index is 0.0873. The molecule has 1 aliphatic heterocycles. The first kappa shape index (κ1) is 28.5. The maximum Gasteiger partial charge on any atom is 0.260 e. The number of nitrogens with zero attached hydrogens (tertiary/aromatic N) is 2. The van der Waals surface area contributed by atoms with Crippen LogP contribution < -0.4 is 9.46 Å². The molecule has 4 aromatic carbocycles. The molecule has 212 valence electrons. The van der Waals surface area contributed by atoms with Crippen LogP contribution in [-0.2, 0) is 14.8 Å². The normalized spacial score (nSPS) is 15.0. The molecule has 0 radical (unpaired) electrons. The molecule has 1 atom stereocenters. The van der Waals surface area contributed by atoms with Gasteiger partial charge in [-0.1, -0.05) is 91.0 Å². The number of hydrogen-bond acceptors (Lipinski definition) is 5. The molecule has 0 aliphatic carbocycles. The lowest BCUT2D eigenvalue weighted by molar-refractivity contribution is -0.135. The van der Waals surface area contributed by atoms with Gasteiger partial charge in [0.2, 0.25) is 10.0 Å². The predicted octanol–water partition coefficient (Wildman–Crippen LogP) is 5.04. The molecule has 4 aromatic rings. The number of carbonyl (C=O) groups excluding carboxylic acids is 1. The van der Waals surface area contributed by atoms with Crippen molar-refractivity contribution < 1.29 is 17.9 Å². The van der Waals surface area contributed by atoms with Gasteiger partial charge in [0.15, 0.2) is 6.61 Å². The van der Waals surface area contributed by atoms with Gasteiger partial charge in [0.25, 0.3) is 5.91 Å². The van der Waals surface area contributed by atoms with Crippen LogP contribution in [0.3, 0.4) is 0 Å². The van der Waals surface area contributed by atoms with Crippen LogP contribution in [0.1, 0.15) is 35.7 Å². The zero-order valence-electron chi connectivity index (χ0n) is 23.1. The standard InChI is InChI=1S/C33H35N3O4S/c1-26(27-11-5-2-6-12-27)34-41(38,39)31-19-17-30(18-20-31)40-25-32(37)35-21-23-36(24-22-35)33(28-13-7-3-8-14-28)29-15-9-4-10-16-29/h2-20,26,33-34H,21-25H2,1H3/t26-/m1/s1. The summed E-state index contributed by atoms with van der Waals surface area (Å²) in [6.07, 6.45) is 0. The highest BCUT2D eigenvalue weighted by atomic mass is 32.2. The summed E-state index contributed by atoms with van der Waals surface area (Å²) in [5, 5.41) is 0. The third-order valence-corrected chi connectivity index (χ3v) is 8.95. The molecule has 1 aliphatic rings. The highest BCUT2D eigenvalue weighted by molar-refractivity contribution is 7.89. The Kier molecular flexibility index (Phi) is 9.14. The number of hydrogen-bond donors (Lipinski definition) is 1. The molecule has 41 heavy (non-hydrogen) atoms. The summed E-state index contributed by atoms with van der Waals surface area (Å²) >= 11 is 0. The van der Waals surface area contributed by atoms with Crippen molar-refractivity contribution in [2.75, 3.05) is 32.8 Å². The molecule has 0 saturated carbocycles. The second-order valence-electron chi connectivity index (χ2n) is 10.2. The van der Waals surface area contributed by atoms with Crippen LogP contribution in [-0.4, -0.2) is 56.9 Å². The lowest BCUT2D eigenvalue weighted by Gasteiger charge is -2.39. The maximum atomic E-state index is 12.9. The van der Waals surface area contributed by atoms with Gasteiger partial charge in [0, 0.05) is 32.2 Å². The molecule has 5 rings (SSSR count). The van der Waals surface area contributed by atoms with Crippen molar-refractivity contribution in [2.24, 2.45) is 0 Å². The van der Waals surface area contributed by atoms with E-state index >= 15 is 0 Å². The number of sulfonamides is 1. The largest absolute Gasteiger partial charge is 0.484 e. The second-order valence-corrected chi connectivity index (χ2v) is 11.9. The van der Waals surface area contributed by atoms with E-state index in [9.17, 15) is 13.2 Å². The lowest BCUT2D eigenvalue weighted by atomic mass is 9.96. The van der Waals surface area contributed by atoms with Crippen molar-refractivity contribution in [1.82, 2.24) is 14.5 Å². The Morgan fingerprint density at radius 2 is 1.22 bits per heavy atom. The Morgan fingerprint density at radius 3 is 1.73 bits per heavy atom. The fourth-order valence-corrected chi connectivity index (χ4v) is 6.41. The van der Waals surface area contributed by atoms with Crippen LogP contribution in [0.25, 0.3) is 0 Å². The maximum absolute atomic E-state index is 12.9. The highest BCUT2D eigenvalue weighted by Gasteiger charge is 2.28. The van der Waals surface area contributed by atoms with Gasteiger partial charge in [-0.05, 0) is 47.9 Å². The Morgan fingerprint density at radius 1 is 0.732 bits per heavy atom. The first-order valence-corrected chi connectivity index (χ1v) is 15.3. The number of rotatable bonds is 10. The number of ether oxygens (including phenoxy) is 1. The van der Waals surface area contributed by atoms with Crippen LogP contribution in [0, 0.1) is 0 Å². The molecule has 1 amide bonds. The Balaban J connectivity index is 1.14. The smallest absolute Gasteiger partial charge is 0.260 e. The highest BCUT2D eigenvalue weighted by Crippen LogP contribution is 2.29. The number of amides is 1. The molecule has 1 saturated heterocycles. The summed E-state index contributed by atoms with van der Waals surface area (Å²) in [4.78, 5) is 17.3. The molecule has 8 heteroatoms. The molecular formula is C33H35N3O4S. The van der Waals surface area contributed by atoms with Gasteiger partial charge >= 0.3 is 0 Å². The van der Waals surface area contributed by atoms with Crippen molar-refractivity contribution in [1.29, 1.82) is 0 Å². The summed E-state index contributed by atoms with van der Waals surface area (Å²) in [5.74, 6) is 0.357. The van der Waals surface area contributed by atoms with E-state index in [0.29, 0.717) is 18.8 Å². The molecular weight excluding hydrogens is 534 g/mol. The molecule has 0 aromatic heterocycles. The van der Waals surface area contributed by atoms with Gasteiger partial charge in [-0.2, -0.15) is 0 Å². The van der Waals surface area contributed by atoms with E-state index in [2.05, 4.69) is 58.2 Å². The monoisotopic (exact) mass is 569 g/mol. The van der Waals surface area contributed by atoms with E-state index in [1.54, 1.807) is 19.1 Å². The Hall–Kier alpha value is -3.98. The topological polar surface area (TPSA) is 78.9 Å². The zero-order valence-corrected chi connectivity index (χ0v) is 23.9. The molecule has 0 spiro atoms. The van der Waals surface area contributed by atoms with Crippen molar-refractivity contribution in [3.63, 3.8) is 0 Å². The fourth-order valence-electron chi connectivity index (χ4n) is 5.18. The SMILES string of the molecule is C[C@@H](NS(=O)(=O)c1ccc(OCC(=O)N2CCN(C(c3ccccc3)c3ccccc3)CC2)cc1)c1ccccc1. The fraction of sp³-hybridized carbons (Fsp3) is 0.242. The van der Waals surface area contributed by atoms with E-state index in [0.717, 1.165) is 18.7 Å². The molecule has 1 fully saturated rings. The van der Waals surface area contributed by atoms with Crippen molar-refractivity contribution in [3.8, 4) is 5.75 Å². The molecule has 1 N–H and O–H groups in total. The van der Waals surface area contributed by atoms with Crippen LogP contribution in [0.2, 0.25) is 0 Å². The molecule has 7 nitrogen and oxygen atoms in total. The summed E-state index contributed by atoms with van der Waals surface area (Å²) in [5.41, 5.74) is 3.35. The summed E-state index contributed by atoms with van der Waals surface area (Å²) in [7, 11) is -3.71. The Labute approximate surface area is 242 Å². The van der Waals surface area contributed by atoms with E-state index in [4.69, 9.17) is 4.74 Å². The Bertz CT molecular complexity index is 1470. The third-order valence-electron chi connectivity index (χ3n) is 7.39. The average Bonchev–Trinajstić information content (AvgIpc) is 3.02. The van der Waals surface area contributed by atoms with Crippen LogP contribution >= 0.6 is 0 Å². The number of piperazine rings is 1. The number of carbonyl (C=O) groups is 1. The summed E-state index contributed by atoms with van der Waals surface area (Å²) in [6, 6.07) is 36.2. The van der Waals surface area contributed by atoms with Gasteiger partial charge in [0.05, 0.1) is 10.9 Å². The van der Waals surface area contributed by atoms with Gasteiger partial charge in [-0.15, -0.1) is 0 Å². The summed E-state index contributed by atoms with van der Waals surface area (Å²) < 4.78 is 34.1. The van der Waals surface area contributed by atoms with Gasteiger partial charge < -0.3 is 9.64 Å². The van der Waals surface area contributed by atoms with Crippen molar-refractivity contribution in [3.05, 3.63) is 132 Å². The molecule has 0 bridgehead atoms. The van der Waals surface area contributed by atoms with Gasteiger partial charge in [-0.25, -0.2) is 13.1 Å². The lowest BCUT2D eigenvalue weighted by Crippen LogP contribution is -2.51. The second kappa shape index (κ2) is 13.1. The zero-order chi connectivity index (χ0) is 28.7. The molecule has 0 unspecified atom stereocenters. The quantitative estimate of drug-likeness (QED) is 0.290. The van der Waals surface area contributed by atoms with Crippen LogP contribution in [0.4, 0.5) is 0 Å². The van der Waals surface area contributed by atoms with Crippen molar-refractivity contribution in [2.45, 2.75) is 23.9 Å². The first-order valence-electron chi connectivity index (χ1n) is 13.8. The minimum atomic E-state index is -3.71. The molecule has 1 heterocycles. The van der Waals surface area contributed by atoms with Crippen LogP contribution in [0.5, 0.6) is 5.75 Å². The predicted molar refractivity (Wildman–Crippen MR) is 160 cm³/mol. The van der Waals surface area contributed by atoms with E-state index < -0.39 is 10.0 Å². The van der Waals surface area contributed by atoms with Gasteiger partial charge in [0.1, 0.15) is 5.75 Å². The average molecular weight is 570 g/mol. The minimum Gasteiger partial charge on any atom is -0.484 e. The van der Waals surface area contributed by atoms with Crippen molar-refractivity contribution >= 4 is 15.9 Å². The number of benzene rings is 4. The third kappa shape index (κ3) is 7.21. The van der Waals surface area contributed by atoms with E-state index in [1.807, 2.05) is 47.4 Å². The van der Waals surface area contributed by atoms with Gasteiger partial charge in [-0.3, -0.25) is 9.69 Å². The summed E-state index contributed by atoms with van der Waals surface area (Å²) in [6.45, 7) is 4.43. The number of nitrogens with one attached hydrogen (secondary N) is 1. The van der Waals surface area contributed by atoms with E-state index in [1.165, 1.54) is 23.3 Å².